The van der Waals surface area contributed by atoms with Gasteiger partial charge >= 0.3 is 0 Å². The minimum Gasteiger partial charge on any atom is -0.381 e. The number of rotatable bonds is 2. The normalized spacial score (nSPS) is 27.0. The minimum atomic E-state index is 0.329. The molecule has 2 aromatic rings. The van der Waals surface area contributed by atoms with Gasteiger partial charge in [-0.3, -0.25) is 9.88 Å². The molecule has 0 saturated carbocycles. The first-order valence-corrected chi connectivity index (χ1v) is 8.07. The lowest BCUT2D eigenvalue weighted by molar-refractivity contribution is 0.0761. The predicted molar refractivity (Wildman–Crippen MR) is 81.2 cm³/mol. The van der Waals surface area contributed by atoms with Crippen LogP contribution in [0.1, 0.15) is 50.0 Å². The van der Waals surface area contributed by atoms with Crippen molar-refractivity contribution in [2.24, 2.45) is 0 Å². The Labute approximate surface area is 124 Å². The number of imidazole rings is 1. The van der Waals surface area contributed by atoms with Gasteiger partial charge in [0.15, 0.2) is 5.65 Å². The molecule has 2 unspecified atom stereocenters. The van der Waals surface area contributed by atoms with E-state index in [0.29, 0.717) is 12.1 Å². The molecule has 0 radical (unpaired) electrons. The molecule has 5 heteroatoms. The van der Waals surface area contributed by atoms with Gasteiger partial charge in [-0.05, 0) is 50.8 Å². The number of pyridine rings is 1. The van der Waals surface area contributed by atoms with Crippen LogP contribution in [0.15, 0.2) is 18.3 Å². The summed E-state index contributed by atoms with van der Waals surface area (Å²) in [5.41, 5.74) is 2.02. The molecule has 0 bridgehead atoms. The van der Waals surface area contributed by atoms with Crippen LogP contribution in [-0.2, 0) is 4.74 Å². The molecule has 2 aliphatic heterocycles. The van der Waals surface area contributed by atoms with Crippen LogP contribution in [0, 0.1) is 0 Å². The molecule has 4 heterocycles. The number of ether oxygens (including phenoxy) is 1. The molecule has 0 aliphatic carbocycles. The molecule has 2 saturated heterocycles. The third-order valence-corrected chi connectivity index (χ3v) is 4.60. The summed E-state index contributed by atoms with van der Waals surface area (Å²) < 4.78 is 8.02. The topological polar surface area (TPSA) is 52.0 Å². The Morgan fingerprint density at radius 1 is 1.24 bits per heavy atom. The number of nitrogens with one attached hydrogen (secondary N) is 1. The van der Waals surface area contributed by atoms with E-state index in [2.05, 4.69) is 20.9 Å². The van der Waals surface area contributed by atoms with E-state index in [9.17, 15) is 0 Å². The van der Waals surface area contributed by atoms with Crippen LogP contribution < -0.4 is 5.32 Å². The van der Waals surface area contributed by atoms with E-state index in [-0.39, 0.29) is 0 Å². The third-order valence-electron chi connectivity index (χ3n) is 4.60. The second-order valence-electron chi connectivity index (χ2n) is 6.07. The SMILES string of the molecule is c1cnc2c(c1)nc(C1CCCOC1)n2C1CCCCN1. The van der Waals surface area contributed by atoms with E-state index in [0.717, 1.165) is 56.0 Å². The summed E-state index contributed by atoms with van der Waals surface area (Å²) >= 11 is 0. The van der Waals surface area contributed by atoms with Crippen LogP contribution in [0.3, 0.4) is 0 Å². The number of fused-ring (bicyclic) bond motifs is 1. The highest BCUT2D eigenvalue weighted by molar-refractivity contribution is 5.71. The van der Waals surface area contributed by atoms with E-state index in [1.807, 2.05) is 12.3 Å². The van der Waals surface area contributed by atoms with Crippen molar-refractivity contribution in [2.45, 2.75) is 44.2 Å². The Morgan fingerprint density at radius 2 is 2.24 bits per heavy atom. The van der Waals surface area contributed by atoms with E-state index in [4.69, 9.17) is 9.72 Å². The standard InChI is InChI=1S/C16H22N4O/c1-2-8-17-14(7-1)20-15(12-5-4-10-21-11-12)19-13-6-3-9-18-16(13)20/h3,6,9,12,14,17H,1-2,4-5,7-8,10-11H2. The Bertz CT molecular complexity index is 612. The number of hydrogen-bond donors (Lipinski definition) is 1. The maximum Gasteiger partial charge on any atom is 0.161 e. The molecule has 5 nitrogen and oxygen atoms in total. The van der Waals surface area contributed by atoms with Gasteiger partial charge in [0.25, 0.3) is 0 Å². The van der Waals surface area contributed by atoms with Gasteiger partial charge in [-0.1, -0.05) is 0 Å². The summed E-state index contributed by atoms with van der Waals surface area (Å²) in [5, 5.41) is 3.64. The van der Waals surface area contributed by atoms with Gasteiger partial charge < -0.3 is 4.74 Å². The first-order chi connectivity index (χ1) is 10.4. The summed E-state index contributed by atoms with van der Waals surface area (Å²) in [6, 6.07) is 4.03. The lowest BCUT2D eigenvalue weighted by Crippen LogP contribution is -2.33. The summed E-state index contributed by atoms with van der Waals surface area (Å²) in [6.07, 6.45) is 8.17. The van der Waals surface area contributed by atoms with Crippen molar-refractivity contribution < 1.29 is 4.74 Å². The van der Waals surface area contributed by atoms with Gasteiger partial charge in [0.2, 0.25) is 0 Å². The van der Waals surface area contributed by atoms with Gasteiger partial charge in [0.05, 0.1) is 12.8 Å². The van der Waals surface area contributed by atoms with Crippen molar-refractivity contribution in [1.82, 2.24) is 19.9 Å². The van der Waals surface area contributed by atoms with E-state index in [1.54, 1.807) is 0 Å². The maximum absolute atomic E-state index is 5.68. The lowest BCUT2D eigenvalue weighted by atomic mass is 10.0. The molecule has 21 heavy (non-hydrogen) atoms. The van der Waals surface area contributed by atoms with Crippen LogP contribution >= 0.6 is 0 Å². The maximum atomic E-state index is 5.68. The third kappa shape index (κ3) is 2.45. The van der Waals surface area contributed by atoms with Crippen LogP contribution in [0.2, 0.25) is 0 Å². The predicted octanol–water partition coefficient (Wildman–Crippen LogP) is 2.60. The van der Waals surface area contributed by atoms with Crippen molar-refractivity contribution in [2.75, 3.05) is 19.8 Å². The monoisotopic (exact) mass is 286 g/mol. The van der Waals surface area contributed by atoms with Crippen molar-refractivity contribution in [3.05, 3.63) is 24.2 Å². The van der Waals surface area contributed by atoms with Crippen molar-refractivity contribution in [3.8, 4) is 0 Å². The molecule has 112 valence electrons. The fraction of sp³-hybridized carbons (Fsp3) is 0.625. The first-order valence-electron chi connectivity index (χ1n) is 8.07. The Hall–Kier alpha value is -1.46. The number of piperidine rings is 1. The first kappa shape index (κ1) is 13.2. The van der Waals surface area contributed by atoms with Crippen LogP contribution in [-0.4, -0.2) is 34.3 Å². The highest BCUT2D eigenvalue weighted by Crippen LogP contribution is 2.31. The number of hydrogen-bond acceptors (Lipinski definition) is 4. The number of nitrogens with zero attached hydrogens (tertiary/aromatic N) is 3. The molecule has 2 fully saturated rings. The second-order valence-corrected chi connectivity index (χ2v) is 6.07. The Morgan fingerprint density at radius 3 is 3.05 bits per heavy atom. The van der Waals surface area contributed by atoms with Gasteiger partial charge in [0.1, 0.15) is 11.3 Å². The zero-order valence-corrected chi connectivity index (χ0v) is 12.3. The Kier molecular flexibility index (Phi) is 3.61. The highest BCUT2D eigenvalue weighted by Gasteiger charge is 2.27. The van der Waals surface area contributed by atoms with E-state index < -0.39 is 0 Å². The van der Waals surface area contributed by atoms with E-state index >= 15 is 0 Å². The van der Waals surface area contributed by atoms with Crippen molar-refractivity contribution in [1.29, 1.82) is 0 Å². The molecule has 0 spiro atoms. The summed E-state index contributed by atoms with van der Waals surface area (Å²) in [5.74, 6) is 1.56. The van der Waals surface area contributed by atoms with Crippen molar-refractivity contribution >= 4 is 11.2 Å². The largest absolute Gasteiger partial charge is 0.381 e. The van der Waals surface area contributed by atoms with E-state index in [1.165, 1.54) is 12.8 Å². The summed E-state index contributed by atoms with van der Waals surface area (Å²) in [6.45, 7) is 2.75. The molecule has 2 aromatic heterocycles. The molecule has 0 amide bonds. The summed E-state index contributed by atoms with van der Waals surface area (Å²) in [4.78, 5) is 9.48. The molecule has 4 rings (SSSR count). The van der Waals surface area contributed by atoms with Gasteiger partial charge in [-0.15, -0.1) is 0 Å². The van der Waals surface area contributed by atoms with Gasteiger partial charge in [0, 0.05) is 18.7 Å². The fourth-order valence-corrected chi connectivity index (χ4v) is 3.54. The molecular weight excluding hydrogens is 264 g/mol. The molecular formula is C16H22N4O. The molecule has 2 atom stereocenters. The fourth-order valence-electron chi connectivity index (χ4n) is 3.54. The van der Waals surface area contributed by atoms with Crippen LogP contribution in [0.5, 0.6) is 0 Å². The average Bonchev–Trinajstić information content (AvgIpc) is 2.96. The van der Waals surface area contributed by atoms with Crippen LogP contribution in [0.4, 0.5) is 0 Å². The van der Waals surface area contributed by atoms with Crippen LogP contribution in [0.25, 0.3) is 11.2 Å². The smallest absolute Gasteiger partial charge is 0.161 e. The van der Waals surface area contributed by atoms with Gasteiger partial charge in [-0.25, -0.2) is 9.97 Å². The second kappa shape index (κ2) is 5.73. The zero-order valence-electron chi connectivity index (χ0n) is 12.3. The van der Waals surface area contributed by atoms with Gasteiger partial charge in [-0.2, -0.15) is 0 Å². The quantitative estimate of drug-likeness (QED) is 0.922. The molecule has 1 N–H and O–H groups in total. The lowest BCUT2D eigenvalue weighted by Gasteiger charge is -2.29. The molecule has 2 aliphatic rings. The Balaban J connectivity index is 1.79. The highest BCUT2D eigenvalue weighted by atomic mass is 16.5. The number of aromatic nitrogens is 3. The minimum absolute atomic E-state index is 0.329. The molecule has 0 aromatic carbocycles. The van der Waals surface area contributed by atoms with Crippen molar-refractivity contribution in [3.63, 3.8) is 0 Å². The summed E-state index contributed by atoms with van der Waals surface area (Å²) in [7, 11) is 0. The average molecular weight is 286 g/mol. The zero-order chi connectivity index (χ0) is 14.1.